The molecule has 1 amide bonds. The summed E-state index contributed by atoms with van der Waals surface area (Å²) in [5, 5.41) is 6.61. The standard InChI is InChI=1S/C20H19ClN2OS/c1-13-6-7-18(14(2)8-13)23-19(24)11-17-12-25-20(22-17)10-15-4-3-5-16(21)9-15/h3-9,12H,10-11H2,1-2H3,(H,23,24). The summed E-state index contributed by atoms with van der Waals surface area (Å²) in [4.78, 5) is 16.8. The number of thiazole rings is 1. The molecule has 0 spiro atoms. The molecule has 0 aliphatic carbocycles. The molecule has 0 saturated heterocycles. The lowest BCUT2D eigenvalue weighted by Gasteiger charge is -2.08. The second-order valence-electron chi connectivity index (χ2n) is 6.08. The number of anilines is 1. The molecule has 2 aromatic carbocycles. The van der Waals surface area contributed by atoms with Gasteiger partial charge in [-0.15, -0.1) is 11.3 Å². The topological polar surface area (TPSA) is 42.0 Å². The fourth-order valence-corrected chi connectivity index (χ4v) is 3.69. The smallest absolute Gasteiger partial charge is 0.230 e. The number of carbonyl (C=O) groups excluding carboxylic acids is 1. The lowest BCUT2D eigenvalue weighted by molar-refractivity contribution is -0.115. The normalized spacial score (nSPS) is 10.7. The van der Waals surface area contributed by atoms with E-state index in [1.807, 2.05) is 55.6 Å². The Kier molecular flexibility index (Phi) is 5.51. The van der Waals surface area contributed by atoms with E-state index >= 15 is 0 Å². The number of nitrogens with zero attached hydrogens (tertiary/aromatic N) is 1. The summed E-state index contributed by atoms with van der Waals surface area (Å²) in [5.74, 6) is -0.0495. The van der Waals surface area contributed by atoms with Crippen LogP contribution >= 0.6 is 22.9 Å². The third-order valence-corrected chi connectivity index (χ3v) is 4.97. The third-order valence-electron chi connectivity index (χ3n) is 3.84. The first-order valence-electron chi connectivity index (χ1n) is 8.04. The van der Waals surface area contributed by atoms with E-state index in [9.17, 15) is 4.79 Å². The Hall–Kier alpha value is -2.17. The maximum Gasteiger partial charge on any atom is 0.230 e. The molecule has 0 saturated carbocycles. The van der Waals surface area contributed by atoms with Gasteiger partial charge in [0.05, 0.1) is 17.1 Å². The first-order chi connectivity index (χ1) is 12.0. The van der Waals surface area contributed by atoms with Crippen molar-refractivity contribution in [3.63, 3.8) is 0 Å². The van der Waals surface area contributed by atoms with Crippen LogP contribution in [0.5, 0.6) is 0 Å². The van der Waals surface area contributed by atoms with Crippen LogP contribution in [0.3, 0.4) is 0 Å². The van der Waals surface area contributed by atoms with Gasteiger partial charge in [0, 0.05) is 22.5 Å². The van der Waals surface area contributed by atoms with E-state index in [0.717, 1.165) is 39.0 Å². The fraction of sp³-hybridized carbons (Fsp3) is 0.200. The monoisotopic (exact) mass is 370 g/mol. The molecule has 128 valence electrons. The molecule has 0 aliphatic heterocycles. The van der Waals surface area contributed by atoms with Gasteiger partial charge >= 0.3 is 0 Å². The summed E-state index contributed by atoms with van der Waals surface area (Å²) in [6.07, 6.45) is 1.00. The summed E-state index contributed by atoms with van der Waals surface area (Å²) in [6, 6.07) is 13.7. The number of hydrogen-bond donors (Lipinski definition) is 1. The van der Waals surface area contributed by atoms with E-state index in [-0.39, 0.29) is 12.3 Å². The van der Waals surface area contributed by atoms with Gasteiger partial charge in [0.25, 0.3) is 0 Å². The molecule has 1 heterocycles. The second kappa shape index (κ2) is 7.81. The van der Waals surface area contributed by atoms with E-state index in [2.05, 4.69) is 16.4 Å². The molecule has 0 aliphatic rings. The van der Waals surface area contributed by atoms with Crippen molar-refractivity contribution in [2.45, 2.75) is 26.7 Å². The van der Waals surface area contributed by atoms with Gasteiger partial charge in [0.1, 0.15) is 0 Å². The lowest BCUT2D eigenvalue weighted by Crippen LogP contribution is -2.15. The SMILES string of the molecule is Cc1ccc(NC(=O)Cc2csc(Cc3cccc(Cl)c3)n2)c(C)c1. The van der Waals surface area contributed by atoms with Crippen LogP contribution in [0, 0.1) is 13.8 Å². The van der Waals surface area contributed by atoms with Crippen molar-refractivity contribution in [3.05, 3.63) is 80.3 Å². The quantitative estimate of drug-likeness (QED) is 0.671. The predicted molar refractivity (Wildman–Crippen MR) is 105 cm³/mol. The minimum atomic E-state index is -0.0495. The van der Waals surface area contributed by atoms with E-state index in [1.54, 1.807) is 11.3 Å². The first-order valence-corrected chi connectivity index (χ1v) is 9.30. The Morgan fingerprint density at radius 3 is 2.80 bits per heavy atom. The van der Waals surface area contributed by atoms with Gasteiger partial charge in [-0.2, -0.15) is 0 Å². The molecule has 3 nitrogen and oxygen atoms in total. The summed E-state index contributed by atoms with van der Waals surface area (Å²) >= 11 is 7.58. The second-order valence-corrected chi connectivity index (χ2v) is 7.46. The third kappa shape index (κ3) is 4.91. The van der Waals surface area contributed by atoms with Crippen molar-refractivity contribution in [1.82, 2.24) is 4.98 Å². The Labute approximate surface area is 156 Å². The maximum atomic E-state index is 12.3. The molecule has 1 aromatic heterocycles. The Balaban J connectivity index is 1.61. The van der Waals surface area contributed by atoms with Crippen LogP contribution in [-0.2, 0) is 17.6 Å². The highest BCUT2D eigenvalue weighted by Crippen LogP contribution is 2.19. The highest BCUT2D eigenvalue weighted by Gasteiger charge is 2.10. The number of halogens is 1. The van der Waals surface area contributed by atoms with Crippen LogP contribution in [0.15, 0.2) is 47.8 Å². The Morgan fingerprint density at radius 1 is 1.20 bits per heavy atom. The van der Waals surface area contributed by atoms with E-state index < -0.39 is 0 Å². The molecule has 1 N–H and O–H groups in total. The first kappa shape index (κ1) is 17.6. The Bertz CT molecular complexity index is 904. The van der Waals surface area contributed by atoms with Gasteiger partial charge in [-0.25, -0.2) is 4.98 Å². The number of hydrogen-bond acceptors (Lipinski definition) is 3. The van der Waals surface area contributed by atoms with Gasteiger partial charge < -0.3 is 5.32 Å². The van der Waals surface area contributed by atoms with E-state index in [0.29, 0.717) is 0 Å². The molecule has 25 heavy (non-hydrogen) atoms. The number of rotatable bonds is 5. The zero-order valence-electron chi connectivity index (χ0n) is 14.2. The lowest BCUT2D eigenvalue weighted by atomic mass is 10.1. The van der Waals surface area contributed by atoms with Crippen LogP contribution in [-0.4, -0.2) is 10.9 Å². The molecule has 3 rings (SSSR count). The summed E-state index contributed by atoms with van der Waals surface area (Å²) < 4.78 is 0. The van der Waals surface area contributed by atoms with Gasteiger partial charge in [0.2, 0.25) is 5.91 Å². The number of aryl methyl sites for hydroxylation is 2. The average molecular weight is 371 g/mol. The van der Waals surface area contributed by atoms with Gasteiger partial charge in [0.15, 0.2) is 0 Å². The van der Waals surface area contributed by atoms with Crippen molar-refractivity contribution in [2.75, 3.05) is 5.32 Å². The zero-order valence-corrected chi connectivity index (χ0v) is 15.7. The van der Waals surface area contributed by atoms with Gasteiger partial charge in [-0.05, 0) is 43.2 Å². The minimum absolute atomic E-state index is 0.0495. The van der Waals surface area contributed by atoms with Crippen LogP contribution in [0.4, 0.5) is 5.69 Å². The largest absolute Gasteiger partial charge is 0.326 e. The fourth-order valence-electron chi connectivity index (χ4n) is 2.65. The molecule has 5 heteroatoms. The van der Waals surface area contributed by atoms with Crippen LogP contribution < -0.4 is 5.32 Å². The van der Waals surface area contributed by atoms with Crippen LogP contribution in [0.1, 0.15) is 27.4 Å². The number of nitrogens with one attached hydrogen (secondary N) is 1. The van der Waals surface area contributed by atoms with E-state index in [4.69, 9.17) is 11.6 Å². The van der Waals surface area contributed by atoms with Crippen LogP contribution in [0.2, 0.25) is 5.02 Å². The number of carbonyl (C=O) groups is 1. The molecule has 0 atom stereocenters. The molecule has 0 radical (unpaired) electrons. The number of benzene rings is 2. The van der Waals surface area contributed by atoms with Crippen LogP contribution in [0.25, 0.3) is 0 Å². The van der Waals surface area contributed by atoms with Gasteiger partial charge in [-0.3, -0.25) is 4.79 Å². The maximum absolute atomic E-state index is 12.3. The molecule has 0 bridgehead atoms. The van der Waals surface area contributed by atoms with Crippen molar-refractivity contribution < 1.29 is 4.79 Å². The highest BCUT2D eigenvalue weighted by atomic mass is 35.5. The Morgan fingerprint density at radius 2 is 2.04 bits per heavy atom. The predicted octanol–water partition coefficient (Wildman–Crippen LogP) is 5.19. The zero-order chi connectivity index (χ0) is 17.8. The molecular weight excluding hydrogens is 352 g/mol. The minimum Gasteiger partial charge on any atom is -0.326 e. The molecular formula is C20H19ClN2OS. The summed E-state index contributed by atoms with van der Waals surface area (Å²) in [6.45, 7) is 4.03. The summed E-state index contributed by atoms with van der Waals surface area (Å²) in [7, 11) is 0. The van der Waals surface area contributed by atoms with Crippen molar-refractivity contribution >= 4 is 34.5 Å². The molecule has 0 unspecified atom stereocenters. The highest BCUT2D eigenvalue weighted by molar-refractivity contribution is 7.09. The van der Waals surface area contributed by atoms with Gasteiger partial charge in [-0.1, -0.05) is 41.4 Å². The van der Waals surface area contributed by atoms with E-state index in [1.165, 1.54) is 5.56 Å². The number of aromatic nitrogens is 1. The van der Waals surface area contributed by atoms with Crippen molar-refractivity contribution in [2.24, 2.45) is 0 Å². The van der Waals surface area contributed by atoms with Crippen molar-refractivity contribution in [3.8, 4) is 0 Å². The van der Waals surface area contributed by atoms with Crippen molar-refractivity contribution in [1.29, 1.82) is 0 Å². The average Bonchev–Trinajstić information content (AvgIpc) is 2.97. The molecule has 0 fully saturated rings. The summed E-state index contributed by atoms with van der Waals surface area (Å²) in [5.41, 5.74) is 5.01. The number of amides is 1. The molecule has 3 aromatic rings.